The second-order valence-electron chi connectivity index (χ2n) is 4.66. The molecule has 0 aromatic carbocycles. The van der Waals surface area contributed by atoms with Crippen LogP contribution in [0.3, 0.4) is 0 Å². The summed E-state index contributed by atoms with van der Waals surface area (Å²) in [6, 6.07) is 0. The van der Waals surface area contributed by atoms with Gasteiger partial charge in [-0.15, -0.1) is 0 Å². The summed E-state index contributed by atoms with van der Waals surface area (Å²) >= 11 is 0. The standard InChI is InChI=1S/C14H30/c1-6-12(7-2)11-14(10-5)13(8-3)9-4/h12-14H,6-11H2,1-5H3. The summed E-state index contributed by atoms with van der Waals surface area (Å²) in [6.07, 6.45) is 8.32. The van der Waals surface area contributed by atoms with Crippen molar-refractivity contribution in [2.75, 3.05) is 0 Å². The second-order valence-corrected chi connectivity index (χ2v) is 4.66. The van der Waals surface area contributed by atoms with Crippen LogP contribution in [0.1, 0.15) is 73.1 Å². The van der Waals surface area contributed by atoms with Gasteiger partial charge in [0.1, 0.15) is 0 Å². The lowest BCUT2D eigenvalue weighted by Gasteiger charge is -2.27. The first-order chi connectivity index (χ1) is 6.73. The minimum Gasteiger partial charge on any atom is -0.0651 e. The maximum atomic E-state index is 2.37. The Morgan fingerprint density at radius 3 is 1.29 bits per heavy atom. The third-order valence-corrected chi connectivity index (χ3v) is 4.03. The van der Waals surface area contributed by atoms with Gasteiger partial charge in [-0.2, -0.15) is 0 Å². The van der Waals surface area contributed by atoms with Gasteiger partial charge in [0.05, 0.1) is 0 Å². The van der Waals surface area contributed by atoms with Crippen molar-refractivity contribution < 1.29 is 0 Å². The van der Waals surface area contributed by atoms with Crippen molar-refractivity contribution in [2.24, 2.45) is 17.8 Å². The van der Waals surface area contributed by atoms with Crippen molar-refractivity contribution in [1.29, 1.82) is 0 Å². The molecule has 86 valence electrons. The Bertz CT molecular complexity index is 109. The summed E-state index contributed by atoms with van der Waals surface area (Å²) in [4.78, 5) is 0. The molecule has 0 rings (SSSR count). The van der Waals surface area contributed by atoms with E-state index in [1.165, 1.54) is 38.5 Å². The predicted octanol–water partition coefficient (Wildman–Crippen LogP) is 5.28. The van der Waals surface area contributed by atoms with Gasteiger partial charge in [-0.3, -0.25) is 0 Å². The first kappa shape index (κ1) is 14.0. The maximum Gasteiger partial charge on any atom is -0.0386 e. The van der Waals surface area contributed by atoms with E-state index in [0.717, 1.165) is 17.8 Å². The van der Waals surface area contributed by atoms with E-state index in [1.807, 2.05) is 0 Å². The summed E-state index contributed by atoms with van der Waals surface area (Å²) in [6.45, 7) is 11.8. The number of hydrogen-bond acceptors (Lipinski definition) is 0. The van der Waals surface area contributed by atoms with E-state index in [9.17, 15) is 0 Å². The van der Waals surface area contributed by atoms with Gasteiger partial charge in [0.15, 0.2) is 0 Å². The topological polar surface area (TPSA) is 0 Å². The molecule has 0 aromatic rings. The molecule has 0 aromatic heterocycles. The Balaban J connectivity index is 4.10. The van der Waals surface area contributed by atoms with Gasteiger partial charge in [-0.25, -0.2) is 0 Å². The third kappa shape index (κ3) is 4.48. The van der Waals surface area contributed by atoms with Crippen molar-refractivity contribution >= 4 is 0 Å². The average Bonchev–Trinajstić information content (AvgIpc) is 2.24. The van der Waals surface area contributed by atoms with E-state index in [4.69, 9.17) is 0 Å². The van der Waals surface area contributed by atoms with Crippen LogP contribution in [-0.4, -0.2) is 0 Å². The average molecular weight is 198 g/mol. The monoisotopic (exact) mass is 198 g/mol. The fourth-order valence-corrected chi connectivity index (χ4v) is 2.70. The van der Waals surface area contributed by atoms with Gasteiger partial charge >= 0.3 is 0 Å². The zero-order valence-electron chi connectivity index (χ0n) is 11.0. The van der Waals surface area contributed by atoms with Crippen LogP contribution in [0.15, 0.2) is 0 Å². The predicted molar refractivity (Wildman–Crippen MR) is 66.5 cm³/mol. The van der Waals surface area contributed by atoms with Gasteiger partial charge in [0, 0.05) is 0 Å². The van der Waals surface area contributed by atoms with Crippen LogP contribution >= 0.6 is 0 Å². The summed E-state index contributed by atoms with van der Waals surface area (Å²) in [5.74, 6) is 2.93. The molecule has 0 heteroatoms. The zero-order chi connectivity index (χ0) is 11.0. The third-order valence-electron chi connectivity index (χ3n) is 4.03. The molecule has 14 heavy (non-hydrogen) atoms. The molecule has 0 saturated carbocycles. The second kappa shape index (κ2) is 8.32. The number of hydrogen-bond donors (Lipinski definition) is 0. The van der Waals surface area contributed by atoms with Crippen LogP contribution in [0.4, 0.5) is 0 Å². The maximum absolute atomic E-state index is 2.37. The van der Waals surface area contributed by atoms with Gasteiger partial charge in [-0.1, -0.05) is 66.7 Å². The largest absolute Gasteiger partial charge is 0.0651 e. The van der Waals surface area contributed by atoms with Crippen molar-refractivity contribution in [3.8, 4) is 0 Å². The molecule has 0 fully saturated rings. The smallest absolute Gasteiger partial charge is 0.0386 e. The Labute approximate surface area is 91.5 Å². The van der Waals surface area contributed by atoms with Gasteiger partial charge in [-0.05, 0) is 24.2 Å². The molecule has 1 unspecified atom stereocenters. The summed E-state index contributed by atoms with van der Waals surface area (Å²) < 4.78 is 0. The SMILES string of the molecule is CCC(CC)CC(CC)C(CC)CC. The van der Waals surface area contributed by atoms with Crippen LogP contribution in [0.25, 0.3) is 0 Å². The molecular formula is C14H30. The molecule has 0 nitrogen and oxygen atoms in total. The van der Waals surface area contributed by atoms with Gasteiger partial charge in [0.25, 0.3) is 0 Å². The normalized spacial score (nSPS) is 13.9. The zero-order valence-corrected chi connectivity index (χ0v) is 11.0. The number of rotatable bonds is 8. The summed E-state index contributed by atoms with van der Waals surface area (Å²) in [7, 11) is 0. The van der Waals surface area contributed by atoms with Gasteiger partial charge < -0.3 is 0 Å². The molecule has 0 N–H and O–H groups in total. The van der Waals surface area contributed by atoms with Crippen LogP contribution in [0, 0.1) is 17.8 Å². The molecular weight excluding hydrogens is 168 g/mol. The Morgan fingerprint density at radius 2 is 1.00 bits per heavy atom. The minimum atomic E-state index is 0.973. The first-order valence-corrected chi connectivity index (χ1v) is 6.73. The molecule has 0 aliphatic heterocycles. The quantitative estimate of drug-likeness (QED) is 0.498. The molecule has 1 atom stereocenters. The highest BCUT2D eigenvalue weighted by Gasteiger charge is 2.19. The van der Waals surface area contributed by atoms with Crippen LogP contribution < -0.4 is 0 Å². The minimum absolute atomic E-state index is 0.973. The molecule has 0 aliphatic rings. The van der Waals surface area contributed by atoms with Crippen molar-refractivity contribution in [3.05, 3.63) is 0 Å². The highest BCUT2D eigenvalue weighted by Crippen LogP contribution is 2.30. The van der Waals surface area contributed by atoms with Crippen molar-refractivity contribution in [2.45, 2.75) is 73.1 Å². The van der Waals surface area contributed by atoms with Crippen LogP contribution in [0.5, 0.6) is 0 Å². The van der Waals surface area contributed by atoms with E-state index >= 15 is 0 Å². The van der Waals surface area contributed by atoms with E-state index in [1.54, 1.807) is 0 Å². The lowest BCUT2D eigenvalue weighted by molar-refractivity contribution is 0.239. The Hall–Kier alpha value is 0. The summed E-state index contributed by atoms with van der Waals surface area (Å²) in [5, 5.41) is 0. The van der Waals surface area contributed by atoms with E-state index < -0.39 is 0 Å². The van der Waals surface area contributed by atoms with E-state index in [0.29, 0.717) is 0 Å². The first-order valence-electron chi connectivity index (χ1n) is 6.73. The fraction of sp³-hybridized carbons (Fsp3) is 1.00. The van der Waals surface area contributed by atoms with Gasteiger partial charge in [0.2, 0.25) is 0 Å². The van der Waals surface area contributed by atoms with E-state index in [2.05, 4.69) is 34.6 Å². The van der Waals surface area contributed by atoms with Crippen LogP contribution in [-0.2, 0) is 0 Å². The molecule has 0 aliphatic carbocycles. The molecule has 0 saturated heterocycles. The fourth-order valence-electron chi connectivity index (χ4n) is 2.70. The van der Waals surface area contributed by atoms with Crippen molar-refractivity contribution in [3.63, 3.8) is 0 Å². The van der Waals surface area contributed by atoms with Crippen molar-refractivity contribution in [1.82, 2.24) is 0 Å². The lowest BCUT2D eigenvalue weighted by atomic mass is 9.79. The molecule has 0 amide bonds. The molecule has 0 radical (unpaired) electrons. The highest BCUT2D eigenvalue weighted by atomic mass is 14.2. The molecule has 0 bridgehead atoms. The Morgan fingerprint density at radius 1 is 0.571 bits per heavy atom. The van der Waals surface area contributed by atoms with E-state index in [-0.39, 0.29) is 0 Å². The lowest BCUT2D eigenvalue weighted by Crippen LogP contribution is -2.16. The summed E-state index contributed by atoms with van der Waals surface area (Å²) in [5.41, 5.74) is 0. The highest BCUT2D eigenvalue weighted by molar-refractivity contribution is 4.70. The molecule has 0 heterocycles. The Kier molecular flexibility index (Phi) is 8.32. The molecule has 0 spiro atoms. The van der Waals surface area contributed by atoms with Crippen LogP contribution in [0.2, 0.25) is 0 Å².